The summed E-state index contributed by atoms with van der Waals surface area (Å²) < 4.78 is 4.90. The van der Waals surface area contributed by atoms with Crippen molar-refractivity contribution in [1.82, 2.24) is 9.97 Å². The van der Waals surface area contributed by atoms with Crippen LogP contribution in [0, 0.1) is 13.8 Å². The van der Waals surface area contributed by atoms with E-state index in [9.17, 15) is 9.59 Å². The van der Waals surface area contributed by atoms with Crippen LogP contribution in [0.5, 0.6) is 0 Å². The lowest BCUT2D eigenvalue weighted by Crippen LogP contribution is -2.15. The minimum Gasteiger partial charge on any atom is -0.466 e. The number of carbonyl (C=O) groups excluding carboxylic acids is 2. The minimum absolute atomic E-state index is 0.112. The molecule has 0 saturated carbocycles. The number of hydrogen-bond donors (Lipinski definition) is 2. The molecule has 26 heavy (non-hydrogen) atoms. The molecule has 0 aliphatic carbocycles. The fraction of sp³-hybridized carbons (Fsp3) is 0.316. The number of aromatic amines is 1. The third kappa shape index (κ3) is 4.11. The molecule has 2 heterocycles. The van der Waals surface area contributed by atoms with Crippen molar-refractivity contribution in [2.45, 2.75) is 33.6 Å². The van der Waals surface area contributed by atoms with Gasteiger partial charge in [0.2, 0.25) is 5.91 Å². The highest BCUT2D eigenvalue weighted by Crippen LogP contribution is 2.24. The van der Waals surface area contributed by atoms with E-state index in [1.54, 1.807) is 12.3 Å². The molecule has 0 spiro atoms. The van der Waals surface area contributed by atoms with Crippen LogP contribution in [0.4, 0.5) is 5.13 Å². The monoisotopic (exact) mass is 371 g/mol. The average Bonchev–Trinajstić information content (AvgIpc) is 3.12. The van der Waals surface area contributed by atoms with Gasteiger partial charge in [0, 0.05) is 22.0 Å². The molecule has 0 atom stereocenters. The van der Waals surface area contributed by atoms with Crippen molar-refractivity contribution < 1.29 is 14.3 Å². The van der Waals surface area contributed by atoms with Gasteiger partial charge in [0.25, 0.3) is 0 Å². The summed E-state index contributed by atoms with van der Waals surface area (Å²) >= 11 is 1.30. The number of ether oxygens (including phenoxy) is 1. The molecule has 7 heteroatoms. The number of aromatic nitrogens is 2. The maximum Gasteiger partial charge on any atom is 0.311 e. The standard InChI is InChI=1S/C19H21N3O3S/c1-4-25-18(24)8-13-10-26-19(21-13)22-17(23)9-14-12(3)20-16-6-5-11(2)7-15(14)16/h5-7,10,20H,4,8-9H2,1-3H3,(H,21,22,23). The number of nitrogens with zero attached hydrogens (tertiary/aromatic N) is 1. The highest BCUT2D eigenvalue weighted by molar-refractivity contribution is 7.13. The van der Waals surface area contributed by atoms with E-state index in [0.29, 0.717) is 17.4 Å². The van der Waals surface area contributed by atoms with E-state index in [-0.39, 0.29) is 24.7 Å². The van der Waals surface area contributed by atoms with Crippen LogP contribution in [0.1, 0.15) is 29.4 Å². The van der Waals surface area contributed by atoms with Crippen LogP contribution in [0.3, 0.4) is 0 Å². The maximum atomic E-state index is 12.4. The molecule has 6 nitrogen and oxygen atoms in total. The number of carbonyl (C=O) groups is 2. The molecule has 0 bridgehead atoms. The molecule has 3 rings (SSSR count). The summed E-state index contributed by atoms with van der Waals surface area (Å²) in [5.41, 5.74) is 4.76. The molecular formula is C19H21N3O3S. The van der Waals surface area contributed by atoms with Crippen molar-refractivity contribution >= 4 is 39.2 Å². The zero-order valence-electron chi connectivity index (χ0n) is 15.0. The van der Waals surface area contributed by atoms with Gasteiger partial charge in [0.15, 0.2) is 5.13 Å². The zero-order chi connectivity index (χ0) is 18.7. The van der Waals surface area contributed by atoms with Crippen LogP contribution < -0.4 is 5.32 Å². The van der Waals surface area contributed by atoms with E-state index in [1.165, 1.54) is 11.3 Å². The van der Waals surface area contributed by atoms with Crippen LogP contribution in [0.15, 0.2) is 23.6 Å². The van der Waals surface area contributed by atoms with Gasteiger partial charge >= 0.3 is 5.97 Å². The quantitative estimate of drug-likeness (QED) is 0.649. The van der Waals surface area contributed by atoms with E-state index in [0.717, 1.165) is 27.7 Å². The molecule has 0 unspecified atom stereocenters. The number of amides is 1. The van der Waals surface area contributed by atoms with E-state index < -0.39 is 0 Å². The van der Waals surface area contributed by atoms with Gasteiger partial charge in [-0.1, -0.05) is 11.6 Å². The number of hydrogen-bond acceptors (Lipinski definition) is 5. The van der Waals surface area contributed by atoms with Gasteiger partial charge < -0.3 is 15.0 Å². The van der Waals surface area contributed by atoms with Crippen LogP contribution >= 0.6 is 11.3 Å². The number of benzene rings is 1. The topological polar surface area (TPSA) is 84.1 Å². The van der Waals surface area contributed by atoms with Crippen LogP contribution in [-0.2, 0) is 27.2 Å². The SMILES string of the molecule is CCOC(=O)Cc1csc(NC(=O)Cc2c(C)[nH]c3ccc(C)cc23)n1. The van der Waals surface area contributed by atoms with Crippen molar-refractivity contribution in [3.8, 4) is 0 Å². The van der Waals surface area contributed by atoms with Crippen molar-refractivity contribution in [3.63, 3.8) is 0 Å². The molecule has 2 aromatic heterocycles. The van der Waals surface area contributed by atoms with Crippen molar-refractivity contribution in [1.29, 1.82) is 0 Å². The van der Waals surface area contributed by atoms with Crippen LogP contribution in [0.25, 0.3) is 10.9 Å². The molecule has 0 saturated heterocycles. The van der Waals surface area contributed by atoms with Crippen molar-refractivity contribution in [2.75, 3.05) is 11.9 Å². The summed E-state index contributed by atoms with van der Waals surface area (Å²) in [4.78, 5) is 31.5. The number of esters is 1. The zero-order valence-corrected chi connectivity index (χ0v) is 15.8. The molecule has 0 aliphatic rings. The predicted octanol–water partition coefficient (Wildman–Crippen LogP) is 3.53. The molecule has 2 N–H and O–H groups in total. The Morgan fingerprint density at radius 2 is 2.08 bits per heavy atom. The summed E-state index contributed by atoms with van der Waals surface area (Å²) in [6.07, 6.45) is 0.378. The summed E-state index contributed by atoms with van der Waals surface area (Å²) in [6.45, 7) is 6.11. The average molecular weight is 371 g/mol. The molecule has 3 aromatic rings. The Morgan fingerprint density at radius 1 is 1.27 bits per heavy atom. The summed E-state index contributed by atoms with van der Waals surface area (Å²) in [7, 11) is 0. The third-order valence-electron chi connectivity index (χ3n) is 4.04. The molecule has 136 valence electrons. The largest absolute Gasteiger partial charge is 0.466 e. The molecule has 0 aliphatic heterocycles. The Kier molecular flexibility index (Phi) is 5.37. The first-order chi connectivity index (χ1) is 12.5. The van der Waals surface area contributed by atoms with E-state index in [4.69, 9.17) is 4.74 Å². The number of thiazole rings is 1. The number of H-pyrrole nitrogens is 1. The highest BCUT2D eigenvalue weighted by Gasteiger charge is 2.15. The first-order valence-electron chi connectivity index (χ1n) is 8.44. The summed E-state index contributed by atoms with van der Waals surface area (Å²) in [5.74, 6) is -0.451. The molecule has 1 aromatic carbocycles. The lowest BCUT2D eigenvalue weighted by atomic mass is 10.1. The Morgan fingerprint density at radius 3 is 2.85 bits per heavy atom. The number of nitrogens with one attached hydrogen (secondary N) is 2. The van der Waals surface area contributed by atoms with Crippen LogP contribution in [-0.4, -0.2) is 28.5 Å². The third-order valence-corrected chi connectivity index (χ3v) is 4.85. The number of fused-ring (bicyclic) bond motifs is 1. The first kappa shape index (κ1) is 18.1. The van der Waals surface area contributed by atoms with Gasteiger partial charge in [0.05, 0.1) is 25.1 Å². The van der Waals surface area contributed by atoms with E-state index in [2.05, 4.69) is 21.4 Å². The van der Waals surface area contributed by atoms with Crippen molar-refractivity contribution in [2.24, 2.45) is 0 Å². The Bertz CT molecular complexity index is 958. The van der Waals surface area contributed by atoms with Crippen LogP contribution in [0.2, 0.25) is 0 Å². The molecule has 0 fully saturated rings. The first-order valence-corrected chi connectivity index (χ1v) is 9.32. The predicted molar refractivity (Wildman–Crippen MR) is 103 cm³/mol. The number of anilines is 1. The van der Waals surface area contributed by atoms with E-state index in [1.807, 2.05) is 26.0 Å². The fourth-order valence-corrected chi connectivity index (χ4v) is 3.58. The second-order valence-corrected chi connectivity index (χ2v) is 6.99. The number of aryl methyl sites for hydroxylation is 2. The van der Waals surface area contributed by atoms with Gasteiger partial charge in [-0.05, 0) is 38.5 Å². The number of rotatable bonds is 6. The Balaban J connectivity index is 1.68. The second-order valence-electron chi connectivity index (χ2n) is 6.13. The van der Waals surface area contributed by atoms with Gasteiger partial charge in [-0.15, -0.1) is 11.3 Å². The van der Waals surface area contributed by atoms with Gasteiger partial charge in [-0.3, -0.25) is 9.59 Å². The second kappa shape index (κ2) is 7.70. The summed E-state index contributed by atoms with van der Waals surface area (Å²) in [6, 6.07) is 6.16. The molecule has 1 amide bonds. The molecular weight excluding hydrogens is 350 g/mol. The van der Waals surface area contributed by atoms with E-state index >= 15 is 0 Å². The highest BCUT2D eigenvalue weighted by atomic mass is 32.1. The smallest absolute Gasteiger partial charge is 0.311 e. The lowest BCUT2D eigenvalue weighted by molar-refractivity contribution is -0.142. The normalized spacial score (nSPS) is 10.9. The fourth-order valence-electron chi connectivity index (χ4n) is 2.85. The van der Waals surface area contributed by atoms with Crippen molar-refractivity contribution in [3.05, 3.63) is 46.1 Å². The molecule has 0 radical (unpaired) electrons. The van der Waals surface area contributed by atoms with Gasteiger partial charge in [-0.2, -0.15) is 0 Å². The Labute approximate surface area is 155 Å². The minimum atomic E-state index is -0.319. The lowest BCUT2D eigenvalue weighted by Gasteiger charge is -2.03. The van der Waals surface area contributed by atoms with Gasteiger partial charge in [0.1, 0.15) is 0 Å². The summed E-state index contributed by atoms with van der Waals surface area (Å²) in [5, 5.41) is 6.13. The van der Waals surface area contributed by atoms with Gasteiger partial charge in [-0.25, -0.2) is 4.98 Å². The maximum absolute atomic E-state index is 12.4. The Hall–Kier alpha value is -2.67.